The predicted octanol–water partition coefficient (Wildman–Crippen LogP) is 1.82. The molecule has 8 nitrogen and oxygen atoms in total. The molecule has 1 aromatic carbocycles. The van der Waals surface area contributed by atoms with Crippen LogP contribution >= 0.6 is 0 Å². The Morgan fingerprint density at radius 2 is 1.96 bits per heavy atom. The molecule has 0 N–H and O–H groups in total. The zero-order valence-corrected chi connectivity index (χ0v) is 14.8. The second kappa shape index (κ2) is 6.01. The molecule has 4 aromatic rings. The molecular formula is C19H17N7O. The lowest BCUT2D eigenvalue weighted by molar-refractivity contribution is 0.0726. The van der Waals surface area contributed by atoms with Gasteiger partial charge in [0.1, 0.15) is 0 Å². The van der Waals surface area contributed by atoms with Gasteiger partial charge in [-0.1, -0.05) is 18.2 Å². The molecule has 8 heteroatoms. The third-order valence-electron chi connectivity index (χ3n) is 4.76. The van der Waals surface area contributed by atoms with Crippen molar-refractivity contribution in [2.45, 2.75) is 19.9 Å². The van der Waals surface area contributed by atoms with Crippen LogP contribution in [0.2, 0.25) is 0 Å². The highest BCUT2D eigenvalue weighted by atomic mass is 16.2. The summed E-state index contributed by atoms with van der Waals surface area (Å²) in [5.74, 6) is -0.125. The van der Waals surface area contributed by atoms with Crippen molar-refractivity contribution in [2.75, 3.05) is 6.54 Å². The van der Waals surface area contributed by atoms with Crippen LogP contribution in [0.1, 0.15) is 27.4 Å². The summed E-state index contributed by atoms with van der Waals surface area (Å²) in [7, 11) is 0. The third-order valence-corrected chi connectivity index (χ3v) is 4.76. The fraction of sp³-hybridized carbons (Fsp3) is 0.211. The number of nitrogens with zero attached hydrogens (tertiary/aromatic N) is 7. The fourth-order valence-corrected chi connectivity index (χ4v) is 3.44. The maximum Gasteiger partial charge on any atom is 0.276 e. The number of para-hydroxylation sites is 1. The highest BCUT2D eigenvalue weighted by Crippen LogP contribution is 2.21. The SMILES string of the molecule is Cc1cc2ncc3c(n2n1)CCN(C(=O)c1cnn(-c2ccccc2)n1)C3. The van der Waals surface area contributed by atoms with E-state index < -0.39 is 0 Å². The summed E-state index contributed by atoms with van der Waals surface area (Å²) in [6.07, 6.45) is 4.09. The first kappa shape index (κ1) is 15.7. The Morgan fingerprint density at radius 1 is 1.11 bits per heavy atom. The highest BCUT2D eigenvalue weighted by Gasteiger charge is 2.26. The van der Waals surface area contributed by atoms with Crippen LogP contribution in [-0.2, 0) is 13.0 Å². The van der Waals surface area contributed by atoms with Crippen molar-refractivity contribution < 1.29 is 4.79 Å². The molecule has 5 rings (SSSR count). The van der Waals surface area contributed by atoms with Crippen molar-refractivity contribution in [3.63, 3.8) is 0 Å². The molecule has 0 atom stereocenters. The van der Waals surface area contributed by atoms with E-state index in [9.17, 15) is 4.79 Å². The zero-order chi connectivity index (χ0) is 18.4. The number of aryl methyl sites for hydroxylation is 1. The Kier molecular flexibility index (Phi) is 3.49. The first-order valence-corrected chi connectivity index (χ1v) is 8.79. The Hall–Kier alpha value is -3.55. The average molecular weight is 359 g/mol. The molecule has 4 heterocycles. The molecule has 0 saturated carbocycles. The van der Waals surface area contributed by atoms with Crippen molar-refractivity contribution in [3.8, 4) is 5.69 Å². The Morgan fingerprint density at radius 3 is 2.81 bits per heavy atom. The van der Waals surface area contributed by atoms with E-state index >= 15 is 0 Å². The van der Waals surface area contributed by atoms with Crippen molar-refractivity contribution in [2.24, 2.45) is 0 Å². The van der Waals surface area contributed by atoms with E-state index in [1.54, 1.807) is 4.90 Å². The minimum absolute atomic E-state index is 0.125. The van der Waals surface area contributed by atoms with Crippen LogP contribution in [0.4, 0.5) is 0 Å². The third kappa shape index (κ3) is 2.66. The van der Waals surface area contributed by atoms with Crippen LogP contribution in [0.25, 0.3) is 11.3 Å². The van der Waals surface area contributed by atoms with Crippen LogP contribution in [0, 0.1) is 6.92 Å². The standard InChI is InChI=1S/C19H17N7O/c1-13-9-18-20-10-14-12-24(8-7-17(14)25(18)22-13)19(27)16-11-21-26(23-16)15-5-3-2-4-6-15/h2-6,9-11H,7-8,12H2,1H3. The molecule has 0 aliphatic carbocycles. The number of carbonyl (C=O) groups is 1. The zero-order valence-electron chi connectivity index (χ0n) is 14.8. The van der Waals surface area contributed by atoms with Gasteiger partial charge in [0.15, 0.2) is 11.3 Å². The van der Waals surface area contributed by atoms with Crippen LogP contribution in [-0.4, -0.2) is 46.9 Å². The summed E-state index contributed by atoms with van der Waals surface area (Å²) in [6, 6.07) is 11.5. The number of hydrogen-bond donors (Lipinski definition) is 0. The maximum atomic E-state index is 12.9. The number of amides is 1. The smallest absolute Gasteiger partial charge is 0.276 e. The summed E-state index contributed by atoms with van der Waals surface area (Å²) >= 11 is 0. The number of carbonyl (C=O) groups excluding carboxylic acids is 1. The number of fused-ring (bicyclic) bond motifs is 3. The second-order valence-corrected chi connectivity index (χ2v) is 6.62. The van der Waals surface area contributed by atoms with Gasteiger partial charge in [0.25, 0.3) is 5.91 Å². The van der Waals surface area contributed by atoms with E-state index in [1.165, 1.54) is 11.0 Å². The molecule has 1 aliphatic heterocycles. The molecule has 134 valence electrons. The second-order valence-electron chi connectivity index (χ2n) is 6.62. The summed E-state index contributed by atoms with van der Waals surface area (Å²) in [6.45, 7) is 3.06. The lowest BCUT2D eigenvalue weighted by atomic mass is 10.1. The number of aromatic nitrogens is 6. The van der Waals surface area contributed by atoms with Crippen LogP contribution in [0.3, 0.4) is 0 Å². The lowest BCUT2D eigenvalue weighted by Crippen LogP contribution is -2.37. The van der Waals surface area contributed by atoms with E-state index in [-0.39, 0.29) is 5.91 Å². The van der Waals surface area contributed by atoms with Gasteiger partial charge in [-0.3, -0.25) is 4.79 Å². The number of rotatable bonds is 2. The van der Waals surface area contributed by atoms with Gasteiger partial charge >= 0.3 is 0 Å². The van der Waals surface area contributed by atoms with Crippen molar-refractivity contribution >= 4 is 11.6 Å². The maximum absolute atomic E-state index is 12.9. The number of hydrogen-bond acceptors (Lipinski definition) is 5. The van der Waals surface area contributed by atoms with Crippen molar-refractivity contribution in [3.05, 3.63) is 71.4 Å². The van der Waals surface area contributed by atoms with E-state index in [4.69, 9.17) is 0 Å². The molecule has 0 radical (unpaired) electrons. The predicted molar refractivity (Wildman–Crippen MR) is 97.5 cm³/mol. The average Bonchev–Trinajstić information content (AvgIpc) is 3.34. The van der Waals surface area contributed by atoms with Gasteiger partial charge in [-0.15, -0.1) is 5.10 Å². The molecule has 1 amide bonds. The summed E-state index contributed by atoms with van der Waals surface area (Å²) in [5.41, 5.74) is 5.07. The minimum Gasteiger partial charge on any atom is -0.332 e. The molecule has 1 aliphatic rings. The van der Waals surface area contributed by atoms with E-state index in [1.807, 2.05) is 54.0 Å². The van der Waals surface area contributed by atoms with Crippen LogP contribution in [0.15, 0.2) is 48.8 Å². The molecule has 0 fully saturated rings. The first-order valence-electron chi connectivity index (χ1n) is 8.79. The molecule has 3 aromatic heterocycles. The van der Waals surface area contributed by atoms with Crippen molar-refractivity contribution in [1.82, 2.24) is 34.5 Å². The normalized spacial score (nSPS) is 13.7. The van der Waals surface area contributed by atoms with Gasteiger partial charge in [-0.05, 0) is 19.1 Å². The monoisotopic (exact) mass is 359 g/mol. The van der Waals surface area contributed by atoms with Crippen LogP contribution < -0.4 is 0 Å². The van der Waals surface area contributed by atoms with E-state index in [0.717, 1.165) is 34.7 Å². The minimum atomic E-state index is -0.125. The van der Waals surface area contributed by atoms with Gasteiger partial charge in [0.2, 0.25) is 0 Å². The molecule has 0 bridgehead atoms. The van der Waals surface area contributed by atoms with Gasteiger partial charge in [-0.25, -0.2) is 9.50 Å². The molecular weight excluding hydrogens is 342 g/mol. The summed E-state index contributed by atoms with van der Waals surface area (Å²) in [5, 5.41) is 13.1. The quantitative estimate of drug-likeness (QED) is 0.545. The molecule has 0 saturated heterocycles. The summed E-state index contributed by atoms with van der Waals surface area (Å²) < 4.78 is 1.89. The highest BCUT2D eigenvalue weighted by molar-refractivity contribution is 5.92. The number of benzene rings is 1. The Balaban J connectivity index is 1.41. The van der Waals surface area contributed by atoms with Gasteiger partial charge in [0, 0.05) is 37.3 Å². The Bertz CT molecular complexity index is 1150. The van der Waals surface area contributed by atoms with Crippen molar-refractivity contribution in [1.29, 1.82) is 0 Å². The fourth-order valence-electron chi connectivity index (χ4n) is 3.44. The Labute approximate surface area is 155 Å². The van der Waals surface area contributed by atoms with E-state index in [2.05, 4.69) is 20.3 Å². The molecule has 27 heavy (non-hydrogen) atoms. The molecule has 0 unspecified atom stereocenters. The van der Waals surface area contributed by atoms with Gasteiger partial charge in [-0.2, -0.15) is 15.0 Å². The summed E-state index contributed by atoms with van der Waals surface area (Å²) in [4.78, 5) is 20.6. The van der Waals surface area contributed by atoms with Crippen LogP contribution in [0.5, 0.6) is 0 Å². The lowest BCUT2D eigenvalue weighted by Gasteiger charge is -2.28. The largest absolute Gasteiger partial charge is 0.332 e. The van der Waals surface area contributed by atoms with Gasteiger partial charge < -0.3 is 4.90 Å². The molecule has 0 spiro atoms. The topological polar surface area (TPSA) is 81.2 Å². The van der Waals surface area contributed by atoms with Gasteiger partial charge in [0.05, 0.1) is 23.3 Å². The van der Waals surface area contributed by atoms with E-state index in [0.29, 0.717) is 18.8 Å². The first-order chi connectivity index (χ1) is 13.2.